The molecular weight excluding hydrogens is 240 g/mol. The number of ether oxygens (including phenoxy) is 1. The van der Waals surface area contributed by atoms with E-state index in [1.807, 2.05) is 32.0 Å². The van der Waals surface area contributed by atoms with Gasteiger partial charge in [0.05, 0.1) is 7.11 Å². The smallest absolute Gasteiger partial charge is 0.264 e. The van der Waals surface area contributed by atoms with Crippen molar-refractivity contribution in [2.24, 2.45) is 0 Å². The molecule has 0 aromatic heterocycles. The van der Waals surface area contributed by atoms with E-state index in [-0.39, 0.29) is 11.5 Å². The van der Waals surface area contributed by atoms with E-state index in [0.29, 0.717) is 13.1 Å². The SMILES string of the molecule is CCN(CC)C(=O)/C(C#N)=C/c1ccc(OC)cc1. The molecule has 1 aromatic rings. The van der Waals surface area contributed by atoms with Crippen molar-refractivity contribution >= 4 is 12.0 Å². The van der Waals surface area contributed by atoms with Crippen molar-refractivity contribution in [2.45, 2.75) is 13.8 Å². The van der Waals surface area contributed by atoms with Crippen molar-refractivity contribution in [1.29, 1.82) is 5.26 Å². The molecule has 0 fully saturated rings. The molecule has 100 valence electrons. The fraction of sp³-hybridized carbons (Fsp3) is 0.333. The van der Waals surface area contributed by atoms with Gasteiger partial charge >= 0.3 is 0 Å². The monoisotopic (exact) mass is 258 g/mol. The van der Waals surface area contributed by atoms with Crippen LogP contribution < -0.4 is 4.74 Å². The molecular formula is C15H18N2O2. The molecule has 0 bridgehead atoms. The minimum absolute atomic E-state index is 0.147. The number of hydrogen-bond acceptors (Lipinski definition) is 3. The second-order valence-electron chi connectivity index (χ2n) is 3.92. The zero-order valence-electron chi connectivity index (χ0n) is 11.5. The summed E-state index contributed by atoms with van der Waals surface area (Å²) < 4.78 is 5.06. The lowest BCUT2D eigenvalue weighted by Crippen LogP contribution is -2.31. The van der Waals surface area contributed by atoms with Crippen LogP contribution in [0.5, 0.6) is 5.75 Å². The molecule has 0 aliphatic heterocycles. The Morgan fingerprint density at radius 2 is 1.89 bits per heavy atom. The van der Waals surface area contributed by atoms with Crippen LogP contribution in [0.25, 0.3) is 6.08 Å². The summed E-state index contributed by atoms with van der Waals surface area (Å²) in [6.07, 6.45) is 1.60. The Bertz CT molecular complexity index is 494. The van der Waals surface area contributed by atoms with E-state index < -0.39 is 0 Å². The van der Waals surface area contributed by atoms with Crippen LogP contribution in [0.2, 0.25) is 0 Å². The molecule has 1 aromatic carbocycles. The first-order chi connectivity index (χ1) is 9.15. The molecule has 0 N–H and O–H groups in total. The average molecular weight is 258 g/mol. The number of nitrogens with zero attached hydrogens (tertiary/aromatic N) is 2. The summed E-state index contributed by atoms with van der Waals surface area (Å²) in [6, 6.07) is 9.18. The summed E-state index contributed by atoms with van der Waals surface area (Å²) in [4.78, 5) is 13.7. The van der Waals surface area contributed by atoms with Gasteiger partial charge in [-0.1, -0.05) is 12.1 Å². The van der Waals surface area contributed by atoms with Gasteiger partial charge in [-0.25, -0.2) is 0 Å². The maximum Gasteiger partial charge on any atom is 0.264 e. The van der Waals surface area contributed by atoms with E-state index in [1.54, 1.807) is 30.2 Å². The molecule has 0 aliphatic rings. The van der Waals surface area contributed by atoms with Crippen LogP contribution in [0, 0.1) is 11.3 Å². The molecule has 0 atom stereocenters. The third-order valence-electron chi connectivity index (χ3n) is 2.83. The van der Waals surface area contributed by atoms with E-state index in [4.69, 9.17) is 10.00 Å². The Hall–Kier alpha value is -2.28. The molecule has 0 spiro atoms. The minimum Gasteiger partial charge on any atom is -0.497 e. The highest BCUT2D eigenvalue weighted by molar-refractivity contribution is 6.01. The normalized spacial score (nSPS) is 10.7. The van der Waals surface area contributed by atoms with Gasteiger partial charge in [-0.15, -0.1) is 0 Å². The first kappa shape index (κ1) is 14.8. The minimum atomic E-state index is -0.233. The van der Waals surface area contributed by atoms with Crippen LogP contribution in [0.3, 0.4) is 0 Å². The molecule has 0 heterocycles. The van der Waals surface area contributed by atoms with Crippen molar-refractivity contribution in [3.8, 4) is 11.8 Å². The average Bonchev–Trinajstić information content (AvgIpc) is 2.46. The molecule has 0 saturated heterocycles. The van der Waals surface area contributed by atoms with Crippen LogP contribution in [0.15, 0.2) is 29.8 Å². The highest BCUT2D eigenvalue weighted by Gasteiger charge is 2.14. The standard InChI is InChI=1S/C15H18N2O2/c1-4-17(5-2)15(18)13(11-16)10-12-6-8-14(19-3)9-7-12/h6-10H,4-5H2,1-3H3/b13-10+. The van der Waals surface area contributed by atoms with Crippen molar-refractivity contribution in [3.05, 3.63) is 35.4 Å². The highest BCUT2D eigenvalue weighted by Crippen LogP contribution is 2.14. The summed E-state index contributed by atoms with van der Waals surface area (Å²) >= 11 is 0. The number of hydrogen-bond donors (Lipinski definition) is 0. The van der Waals surface area contributed by atoms with Gasteiger partial charge in [0.15, 0.2) is 0 Å². The Morgan fingerprint density at radius 1 is 1.32 bits per heavy atom. The number of nitriles is 1. The zero-order chi connectivity index (χ0) is 14.3. The van der Waals surface area contributed by atoms with E-state index in [0.717, 1.165) is 11.3 Å². The lowest BCUT2D eigenvalue weighted by atomic mass is 10.1. The fourth-order valence-electron chi connectivity index (χ4n) is 1.69. The van der Waals surface area contributed by atoms with Crippen LogP contribution in [0.1, 0.15) is 19.4 Å². The predicted octanol–water partition coefficient (Wildman–Crippen LogP) is 2.47. The van der Waals surface area contributed by atoms with E-state index >= 15 is 0 Å². The second-order valence-corrected chi connectivity index (χ2v) is 3.92. The molecule has 4 nitrogen and oxygen atoms in total. The molecule has 1 amide bonds. The predicted molar refractivity (Wildman–Crippen MR) is 74.5 cm³/mol. The first-order valence-corrected chi connectivity index (χ1v) is 6.21. The topological polar surface area (TPSA) is 53.3 Å². The molecule has 0 radical (unpaired) electrons. The van der Waals surface area contributed by atoms with Crippen LogP contribution >= 0.6 is 0 Å². The third kappa shape index (κ3) is 3.85. The van der Waals surface area contributed by atoms with E-state index in [2.05, 4.69) is 0 Å². The quantitative estimate of drug-likeness (QED) is 0.602. The van der Waals surface area contributed by atoms with Crippen molar-refractivity contribution in [3.63, 3.8) is 0 Å². The Kier molecular flexibility index (Phi) is 5.62. The van der Waals surface area contributed by atoms with Gasteiger partial charge in [-0.3, -0.25) is 4.79 Å². The summed E-state index contributed by atoms with van der Waals surface area (Å²) in [5.74, 6) is 0.508. The van der Waals surface area contributed by atoms with Gasteiger partial charge in [0.1, 0.15) is 17.4 Å². The summed E-state index contributed by atoms with van der Waals surface area (Å²) in [7, 11) is 1.59. The van der Waals surface area contributed by atoms with Gasteiger partial charge in [-0.2, -0.15) is 5.26 Å². The molecule has 1 rings (SSSR count). The molecule has 0 aliphatic carbocycles. The lowest BCUT2D eigenvalue weighted by molar-refractivity contribution is -0.126. The van der Waals surface area contributed by atoms with E-state index in [1.165, 1.54) is 0 Å². The molecule has 19 heavy (non-hydrogen) atoms. The van der Waals surface area contributed by atoms with Crippen molar-refractivity contribution < 1.29 is 9.53 Å². The van der Waals surface area contributed by atoms with Gasteiger partial charge in [0, 0.05) is 13.1 Å². The molecule has 0 saturated carbocycles. The Morgan fingerprint density at radius 3 is 2.32 bits per heavy atom. The number of amides is 1. The zero-order valence-corrected chi connectivity index (χ0v) is 11.5. The van der Waals surface area contributed by atoms with Crippen LogP contribution in [-0.4, -0.2) is 31.0 Å². The fourth-order valence-corrected chi connectivity index (χ4v) is 1.69. The van der Waals surface area contributed by atoms with E-state index in [9.17, 15) is 4.79 Å². The lowest BCUT2D eigenvalue weighted by Gasteiger charge is -2.17. The van der Waals surface area contributed by atoms with Crippen molar-refractivity contribution in [1.82, 2.24) is 4.90 Å². The van der Waals surface area contributed by atoms with Gasteiger partial charge in [0.25, 0.3) is 5.91 Å². The number of methoxy groups -OCH3 is 1. The number of carbonyl (C=O) groups is 1. The molecule has 0 unspecified atom stereocenters. The highest BCUT2D eigenvalue weighted by atomic mass is 16.5. The number of carbonyl (C=O) groups excluding carboxylic acids is 1. The first-order valence-electron chi connectivity index (χ1n) is 6.21. The van der Waals surface area contributed by atoms with Gasteiger partial charge in [-0.05, 0) is 37.6 Å². The van der Waals surface area contributed by atoms with Crippen molar-refractivity contribution in [2.75, 3.05) is 20.2 Å². The summed E-state index contributed by atoms with van der Waals surface area (Å²) in [6.45, 7) is 4.97. The summed E-state index contributed by atoms with van der Waals surface area (Å²) in [5.41, 5.74) is 0.951. The third-order valence-corrected chi connectivity index (χ3v) is 2.83. The van der Waals surface area contributed by atoms with Gasteiger partial charge in [0.2, 0.25) is 0 Å². The van der Waals surface area contributed by atoms with Crippen LogP contribution in [0.4, 0.5) is 0 Å². The maximum absolute atomic E-state index is 12.1. The van der Waals surface area contributed by atoms with Gasteiger partial charge < -0.3 is 9.64 Å². The Labute approximate surface area is 113 Å². The maximum atomic E-state index is 12.1. The largest absolute Gasteiger partial charge is 0.497 e. The van der Waals surface area contributed by atoms with Crippen LogP contribution in [-0.2, 0) is 4.79 Å². The number of likely N-dealkylation sites (N-methyl/N-ethyl adjacent to an activating group) is 1. The number of rotatable bonds is 5. The summed E-state index contributed by atoms with van der Waals surface area (Å²) in [5, 5.41) is 9.11. The second kappa shape index (κ2) is 7.22. The Balaban J connectivity index is 2.98. The number of benzene rings is 1. The molecule has 4 heteroatoms.